The molecule has 168 valence electrons. The van der Waals surface area contributed by atoms with Crippen LogP contribution in [-0.2, 0) is 0 Å². The van der Waals surface area contributed by atoms with E-state index in [1.165, 1.54) is 16.0 Å². The van der Waals surface area contributed by atoms with E-state index in [0.717, 1.165) is 27.9 Å². The maximum absolute atomic E-state index is 14.8. The van der Waals surface area contributed by atoms with Gasteiger partial charge >= 0.3 is 6.43 Å². The van der Waals surface area contributed by atoms with E-state index in [-0.39, 0.29) is 5.56 Å². The summed E-state index contributed by atoms with van der Waals surface area (Å²) < 4.78 is 61.8. The monoisotopic (exact) mass is 475 g/mol. The molecule has 2 N–H and O–H groups in total. The molecule has 8 nitrogen and oxygen atoms in total. The van der Waals surface area contributed by atoms with Gasteiger partial charge in [0.05, 0.1) is 28.0 Å². The van der Waals surface area contributed by atoms with Crippen molar-refractivity contribution in [1.29, 1.82) is 0 Å². The number of rotatable bonds is 5. The molecule has 0 aliphatic rings. The quantitative estimate of drug-likeness (QED) is 0.356. The third-order valence-electron chi connectivity index (χ3n) is 5.00. The second kappa shape index (κ2) is 7.92. The number of nitrogens with two attached hydrogens (primary N) is 1. The van der Waals surface area contributed by atoms with Crippen molar-refractivity contribution in [3.63, 3.8) is 0 Å². The zero-order chi connectivity index (χ0) is 23.3. The number of fused-ring (bicyclic) bond motifs is 1. The number of nitrogen functional groups attached to an aromatic ring is 1. The zero-order valence-corrected chi connectivity index (χ0v) is 17.5. The van der Waals surface area contributed by atoms with E-state index in [9.17, 15) is 17.6 Å². The van der Waals surface area contributed by atoms with Crippen molar-refractivity contribution in [2.45, 2.75) is 19.4 Å². The molecule has 33 heavy (non-hydrogen) atoms. The van der Waals surface area contributed by atoms with Crippen molar-refractivity contribution >= 4 is 26.7 Å². The maximum Gasteiger partial charge on any atom is 0.314 e. The highest BCUT2D eigenvalue weighted by Gasteiger charge is 2.23. The molecule has 1 unspecified atom stereocenters. The van der Waals surface area contributed by atoms with Crippen molar-refractivity contribution in [3.8, 4) is 22.7 Å². The van der Waals surface area contributed by atoms with Crippen LogP contribution in [0, 0.1) is 11.6 Å². The molecule has 0 aliphatic carbocycles. The van der Waals surface area contributed by atoms with Crippen molar-refractivity contribution in [3.05, 3.63) is 59.6 Å². The minimum absolute atomic E-state index is 0.0213. The average molecular weight is 475 g/mol. The van der Waals surface area contributed by atoms with Crippen LogP contribution in [0.15, 0.2) is 40.9 Å². The van der Waals surface area contributed by atoms with Gasteiger partial charge in [-0.1, -0.05) is 22.6 Å². The first-order chi connectivity index (χ1) is 15.8. The second-order valence-corrected chi connectivity index (χ2v) is 8.16. The molecule has 0 amide bonds. The van der Waals surface area contributed by atoms with Crippen molar-refractivity contribution in [2.24, 2.45) is 0 Å². The summed E-state index contributed by atoms with van der Waals surface area (Å²) in [6, 6.07) is 6.53. The lowest BCUT2D eigenvalue weighted by Gasteiger charge is -2.13. The maximum atomic E-state index is 14.8. The number of benzene rings is 2. The molecule has 5 aromatic rings. The second-order valence-electron chi connectivity index (χ2n) is 7.09. The lowest BCUT2D eigenvalue weighted by atomic mass is 10.0. The third-order valence-corrected chi connectivity index (χ3v) is 5.85. The van der Waals surface area contributed by atoms with Crippen LogP contribution >= 0.6 is 11.3 Å². The Morgan fingerprint density at radius 3 is 2.64 bits per heavy atom. The fourth-order valence-electron chi connectivity index (χ4n) is 3.32. The number of alkyl halides is 2. The molecular formula is C20H13F4N7OS. The first-order valence-electron chi connectivity index (χ1n) is 9.49. The van der Waals surface area contributed by atoms with Gasteiger partial charge in [-0.05, 0) is 31.2 Å². The van der Waals surface area contributed by atoms with Gasteiger partial charge in [0.25, 0.3) is 11.8 Å². The molecule has 3 aromatic heterocycles. The summed E-state index contributed by atoms with van der Waals surface area (Å²) in [5, 5.41) is 15.1. The molecule has 0 aliphatic heterocycles. The van der Waals surface area contributed by atoms with E-state index < -0.39 is 41.4 Å². The minimum atomic E-state index is -3.02. The SMILES string of the molecule is CC(c1cc(F)c(-c2nnc(C(F)F)o2)cc1F)n1cc(-c2ccc3nc(N)sc3c2)nn1. The number of hydrogen-bond donors (Lipinski definition) is 1. The average Bonchev–Trinajstić information content (AvgIpc) is 3.52. The fraction of sp³-hybridized carbons (Fsp3) is 0.150. The van der Waals surface area contributed by atoms with E-state index >= 15 is 0 Å². The van der Waals surface area contributed by atoms with Crippen LogP contribution in [0.3, 0.4) is 0 Å². The van der Waals surface area contributed by atoms with Crippen LogP contribution in [0.2, 0.25) is 0 Å². The molecule has 13 heteroatoms. The molecular weight excluding hydrogens is 462 g/mol. The van der Waals surface area contributed by atoms with E-state index in [4.69, 9.17) is 10.2 Å². The molecule has 1 atom stereocenters. The lowest BCUT2D eigenvalue weighted by molar-refractivity contribution is 0.116. The predicted molar refractivity (Wildman–Crippen MR) is 111 cm³/mol. The summed E-state index contributed by atoms with van der Waals surface area (Å²) in [6.45, 7) is 1.62. The topological polar surface area (TPSA) is 109 Å². The van der Waals surface area contributed by atoms with Gasteiger partial charge in [-0.15, -0.1) is 15.3 Å². The van der Waals surface area contributed by atoms with Gasteiger partial charge in [0.2, 0.25) is 0 Å². The predicted octanol–water partition coefficient (Wildman–Crippen LogP) is 5.01. The Morgan fingerprint density at radius 1 is 1.06 bits per heavy atom. The molecule has 0 saturated carbocycles. The number of anilines is 1. The standard InChI is InChI=1S/C20H13F4N7OS/c1-8(10-5-13(22)11(6-12(10)21)18-28-29-19(32-18)17(23)24)31-7-15(27-30-31)9-2-3-14-16(4-9)33-20(25)26-14/h2-8,17H,1H3,(H2,25,26). The van der Waals surface area contributed by atoms with Gasteiger partial charge < -0.3 is 10.2 Å². The van der Waals surface area contributed by atoms with Gasteiger partial charge in [-0.2, -0.15) is 8.78 Å². The van der Waals surface area contributed by atoms with Crippen LogP contribution in [0.25, 0.3) is 32.9 Å². The highest BCUT2D eigenvalue weighted by atomic mass is 32.1. The first kappa shape index (κ1) is 21.0. The Labute approximate surface area is 186 Å². The van der Waals surface area contributed by atoms with E-state index in [1.807, 2.05) is 18.2 Å². The Morgan fingerprint density at radius 2 is 1.88 bits per heavy atom. The number of hydrogen-bond acceptors (Lipinski definition) is 8. The molecule has 2 aromatic carbocycles. The number of nitrogens with zero attached hydrogens (tertiary/aromatic N) is 6. The Balaban J connectivity index is 1.45. The largest absolute Gasteiger partial charge is 0.415 e. The highest BCUT2D eigenvalue weighted by Crippen LogP contribution is 2.32. The summed E-state index contributed by atoms with van der Waals surface area (Å²) in [6.07, 6.45) is -1.41. The van der Waals surface area contributed by atoms with Crippen LogP contribution in [0.5, 0.6) is 0 Å². The molecule has 0 fully saturated rings. The molecule has 0 saturated heterocycles. The molecule has 0 spiro atoms. The van der Waals surface area contributed by atoms with Crippen LogP contribution in [-0.4, -0.2) is 30.2 Å². The number of halogens is 4. The third kappa shape index (κ3) is 3.80. The van der Waals surface area contributed by atoms with Crippen LogP contribution in [0.1, 0.15) is 30.8 Å². The molecule has 0 bridgehead atoms. The van der Waals surface area contributed by atoms with Gasteiger partial charge in [-0.3, -0.25) is 0 Å². The van der Waals surface area contributed by atoms with Crippen molar-refractivity contribution in [1.82, 2.24) is 30.2 Å². The van der Waals surface area contributed by atoms with Crippen molar-refractivity contribution < 1.29 is 22.0 Å². The summed E-state index contributed by atoms with van der Waals surface area (Å²) in [5.41, 5.74) is 7.35. The smallest absolute Gasteiger partial charge is 0.314 e. The van der Waals surface area contributed by atoms with E-state index in [1.54, 1.807) is 13.1 Å². The number of thiazole rings is 1. The van der Waals surface area contributed by atoms with Gasteiger partial charge in [-0.25, -0.2) is 18.4 Å². The van der Waals surface area contributed by atoms with E-state index in [0.29, 0.717) is 10.8 Å². The lowest BCUT2D eigenvalue weighted by Crippen LogP contribution is -2.10. The normalized spacial score (nSPS) is 12.7. The molecule has 0 radical (unpaired) electrons. The molecule has 5 rings (SSSR count). The fourth-order valence-corrected chi connectivity index (χ4v) is 4.09. The first-order valence-corrected chi connectivity index (χ1v) is 10.3. The Hall–Kier alpha value is -3.87. The summed E-state index contributed by atoms with van der Waals surface area (Å²) >= 11 is 1.34. The number of aromatic nitrogens is 6. The van der Waals surface area contributed by atoms with Crippen LogP contribution in [0.4, 0.5) is 22.7 Å². The summed E-state index contributed by atoms with van der Waals surface area (Å²) in [7, 11) is 0. The summed E-state index contributed by atoms with van der Waals surface area (Å²) in [5.74, 6) is -3.22. The van der Waals surface area contributed by atoms with Gasteiger partial charge in [0.15, 0.2) is 5.13 Å². The Kier molecular flexibility index (Phi) is 5.04. The summed E-state index contributed by atoms with van der Waals surface area (Å²) in [4.78, 5) is 4.20. The molecule has 3 heterocycles. The van der Waals surface area contributed by atoms with Gasteiger partial charge in [0.1, 0.15) is 17.3 Å². The Bertz CT molecular complexity index is 1480. The van der Waals surface area contributed by atoms with Crippen molar-refractivity contribution in [2.75, 3.05) is 5.73 Å². The van der Waals surface area contributed by atoms with Crippen LogP contribution < -0.4 is 5.73 Å². The zero-order valence-electron chi connectivity index (χ0n) is 16.7. The van der Waals surface area contributed by atoms with E-state index in [2.05, 4.69) is 25.5 Å². The minimum Gasteiger partial charge on any atom is -0.415 e. The van der Waals surface area contributed by atoms with Gasteiger partial charge in [0, 0.05) is 11.1 Å². The highest BCUT2D eigenvalue weighted by molar-refractivity contribution is 7.22.